The van der Waals surface area contributed by atoms with E-state index in [2.05, 4.69) is 10.4 Å². The Balaban J connectivity index is 2.08. The van der Waals surface area contributed by atoms with E-state index in [4.69, 9.17) is 0 Å². The molecule has 0 aromatic rings. The van der Waals surface area contributed by atoms with Crippen LogP contribution < -0.4 is 5.59 Å². The molecule has 2 aliphatic rings. The third kappa shape index (κ3) is 0.803. The van der Waals surface area contributed by atoms with E-state index in [0.29, 0.717) is 0 Å². The topological polar surface area (TPSA) is 41.6 Å². The summed E-state index contributed by atoms with van der Waals surface area (Å²) in [6.07, 6.45) is 3.23. The van der Waals surface area contributed by atoms with Gasteiger partial charge in [0, 0.05) is 6.54 Å². The second kappa shape index (κ2) is 2.21. The molecular weight excluding hydrogens is 132 g/mol. The fraction of sp³-hybridized carbons (Fsp3) is 0.833. The van der Waals surface area contributed by atoms with Gasteiger partial charge < -0.3 is 4.84 Å². The molecule has 56 valence electrons. The quantitative estimate of drug-likeness (QED) is 0.509. The van der Waals surface area contributed by atoms with Crippen molar-refractivity contribution in [1.82, 2.24) is 10.6 Å². The summed E-state index contributed by atoms with van der Waals surface area (Å²) in [6.45, 7) is 0.927. The van der Waals surface area contributed by atoms with Gasteiger partial charge in [-0.15, -0.1) is 0 Å². The van der Waals surface area contributed by atoms with Crippen molar-refractivity contribution in [1.29, 1.82) is 0 Å². The molecule has 0 spiro atoms. The maximum Gasteiger partial charge on any atom is 0.345 e. The van der Waals surface area contributed by atoms with Gasteiger partial charge in [0.1, 0.15) is 6.04 Å². The Morgan fingerprint density at radius 2 is 2.50 bits per heavy atom. The van der Waals surface area contributed by atoms with Crippen molar-refractivity contribution < 1.29 is 9.63 Å². The molecule has 2 saturated heterocycles. The van der Waals surface area contributed by atoms with Crippen LogP contribution in [0.25, 0.3) is 0 Å². The molecule has 1 N–H and O–H groups in total. The lowest BCUT2D eigenvalue weighted by Crippen LogP contribution is -2.41. The van der Waals surface area contributed by atoms with Crippen LogP contribution in [-0.2, 0) is 9.63 Å². The molecule has 0 aromatic carbocycles. The van der Waals surface area contributed by atoms with Crippen LogP contribution in [0.5, 0.6) is 0 Å². The summed E-state index contributed by atoms with van der Waals surface area (Å²) in [5, 5.41) is 1.87. The van der Waals surface area contributed by atoms with Gasteiger partial charge in [-0.25, -0.2) is 4.79 Å². The van der Waals surface area contributed by atoms with Gasteiger partial charge in [-0.05, 0) is 19.3 Å². The zero-order chi connectivity index (χ0) is 6.97. The van der Waals surface area contributed by atoms with Gasteiger partial charge in [-0.3, -0.25) is 0 Å². The zero-order valence-corrected chi connectivity index (χ0v) is 5.67. The number of hydrogen-bond acceptors (Lipinski definition) is 4. The Labute approximate surface area is 59.1 Å². The van der Waals surface area contributed by atoms with Crippen LogP contribution >= 0.6 is 0 Å². The molecule has 2 heterocycles. The predicted octanol–water partition coefficient (Wildman–Crippen LogP) is -0.183. The van der Waals surface area contributed by atoms with Gasteiger partial charge in [0.2, 0.25) is 0 Å². The zero-order valence-electron chi connectivity index (χ0n) is 5.67. The lowest BCUT2D eigenvalue weighted by Gasteiger charge is -2.23. The molecular formula is C6H10N2O2. The van der Waals surface area contributed by atoms with Crippen LogP contribution in [0.3, 0.4) is 0 Å². The first kappa shape index (κ1) is 6.12. The summed E-state index contributed by atoms with van der Waals surface area (Å²) in [6, 6.07) is -0.00579. The minimum Gasteiger partial charge on any atom is -0.354 e. The third-order valence-corrected chi connectivity index (χ3v) is 2.04. The van der Waals surface area contributed by atoms with Gasteiger partial charge >= 0.3 is 5.97 Å². The number of fused-ring (bicyclic) bond motifs is 1. The molecule has 2 aliphatic heterocycles. The minimum atomic E-state index is -0.125. The average Bonchev–Trinajstić information content (AvgIpc) is 2.34. The minimum absolute atomic E-state index is 0.00579. The Morgan fingerprint density at radius 3 is 3.30 bits per heavy atom. The summed E-state index contributed by atoms with van der Waals surface area (Å²) in [7, 11) is 0. The van der Waals surface area contributed by atoms with Crippen LogP contribution in [0.4, 0.5) is 0 Å². The molecule has 0 amide bonds. The molecule has 0 saturated carbocycles. The van der Waals surface area contributed by atoms with Crippen molar-refractivity contribution in [2.24, 2.45) is 0 Å². The summed E-state index contributed by atoms with van der Waals surface area (Å²) >= 11 is 0. The fourth-order valence-corrected chi connectivity index (χ4v) is 1.46. The van der Waals surface area contributed by atoms with Crippen LogP contribution in [-0.4, -0.2) is 23.6 Å². The van der Waals surface area contributed by atoms with Crippen molar-refractivity contribution >= 4 is 5.97 Å². The normalized spacial score (nSPS) is 33.6. The van der Waals surface area contributed by atoms with Gasteiger partial charge in [0.15, 0.2) is 0 Å². The molecule has 0 bridgehead atoms. The number of rotatable bonds is 0. The van der Waals surface area contributed by atoms with Crippen molar-refractivity contribution in [3.05, 3.63) is 0 Å². The Bertz CT molecular complexity index is 160. The highest BCUT2D eigenvalue weighted by atomic mass is 16.7. The summed E-state index contributed by atoms with van der Waals surface area (Å²) in [5.41, 5.74) is 2.59. The highest BCUT2D eigenvalue weighted by Gasteiger charge is 2.36. The van der Waals surface area contributed by atoms with Crippen LogP contribution in [0.2, 0.25) is 0 Å². The molecule has 10 heavy (non-hydrogen) atoms. The third-order valence-electron chi connectivity index (χ3n) is 2.04. The van der Waals surface area contributed by atoms with Crippen LogP contribution in [0.15, 0.2) is 0 Å². The molecule has 0 aliphatic carbocycles. The maximum absolute atomic E-state index is 10.9. The number of hydrazine groups is 1. The number of nitrogens with zero attached hydrogens (tertiary/aromatic N) is 1. The first-order valence-electron chi connectivity index (χ1n) is 3.61. The van der Waals surface area contributed by atoms with Gasteiger partial charge in [0.25, 0.3) is 0 Å². The van der Waals surface area contributed by atoms with Crippen LogP contribution in [0.1, 0.15) is 19.3 Å². The first-order chi connectivity index (χ1) is 4.88. The second-order valence-corrected chi connectivity index (χ2v) is 2.72. The van der Waals surface area contributed by atoms with Crippen molar-refractivity contribution in [3.8, 4) is 0 Å². The van der Waals surface area contributed by atoms with E-state index in [-0.39, 0.29) is 12.0 Å². The van der Waals surface area contributed by atoms with E-state index < -0.39 is 0 Å². The van der Waals surface area contributed by atoms with Crippen LogP contribution in [0, 0.1) is 0 Å². The number of nitrogens with one attached hydrogen (secondary N) is 1. The van der Waals surface area contributed by atoms with E-state index >= 15 is 0 Å². The van der Waals surface area contributed by atoms with Crippen molar-refractivity contribution in [2.45, 2.75) is 25.3 Å². The second-order valence-electron chi connectivity index (χ2n) is 2.72. The number of carbonyl (C=O) groups is 1. The number of hydrogen-bond donors (Lipinski definition) is 1. The highest BCUT2D eigenvalue weighted by Crippen LogP contribution is 2.19. The highest BCUT2D eigenvalue weighted by molar-refractivity contribution is 5.76. The van der Waals surface area contributed by atoms with E-state index in [9.17, 15) is 4.79 Å². The Hall–Kier alpha value is -0.610. The predicted molar refractivity (Wildman–Crippen MR) is 33.6 cm³/mol. The fourth-order valence-electron chi connectivity index (χ4n) is 1.46. The smallest absolute Gasteiger partial charge is 0.345 e. The molecule has 1 unspecified atom stereocenters. The largest absolute Gasteiger partial charge is 0.354 e. The van der Waals surface area contributed by atoms with E-state index in [1.165, 1.54) is 0 Å². The monoisotopic (exact) mass is 142 g/mol. The van der Waals surface area contributed by atoms with Gasteiger partial charge in [0.05, 0.1) is 0 Å². The standard InChI is InChI=1S/C6H10N2O2/c9-6-5-3-1-2-4-8(5)7-10-6/h5,7H,1-4H2. The molecule has 0 radical (unpaired) electrons. The van der Waals surface area contributed by atoms with Gasteiger partial charge in [-0.2, -0.15) is 5.01 Å². The average molecular weight is 142 g/mol. The maximum atomic E-state index is 10.9. The SMILES string of the molecule is O=C1ONN2CCCCC12. The molecule has 2 rings (SSSR count). The Kier molecular flexibility index (Phi) is 1.35. The van der Waals surface area contributed by atoms with E-state index in [1.807, 2.05) is 5.01 Å². The number of piperidine rings is 1. The first-order valence-corrected chi connectivity index (χ1v) is 3.61. The lowest BCUT2D eigenvalue weighted by molar-refractivity contribution is -0.144. The van der Waals surface area contributed by atoms with Crippen molar-refractivity contribution in [2.75, 3.05) is 6.54 Å². The molecule has 4 nitrogen and oxygen atoms in total. The number of carbonyl (C=O) groups excluding carboxylic acids is 1. The molecule has 1 atom stereocenters. The molecule has 4 heteroatoms. The summed E-state index contributed by atoms with van der Waals surface area (Å²) < 4.78 is 0. The van der Waals surface area contributed by atoms with E-state index in [1.54, 1.807) is 0 Å². The summed E-state index contributed by atoms with van der Waals surface area (Å²) in [5.74, 6) is -0.125. The van der Waals surface area contributed by atoms with Crippen molar-refractivity contribution in [3.63, 3.8) is 0 Å². The Morgan fingerprint density at radius 1 is 1.60 bits per heavy atom. The summed E-state index contributed by atoms with van der Waals surface area (Å²) in [4.78, 5) is 15.5. The van der Waals surface area contributed by atoms with E-state index in [0.717, 1.165) is 25.8 Å². The van der Waals surface area contributed by atoms with Gasteiger partial charge in [-0.1, -0.05) is 5.59 Å². The lowest BCUT2D eigenvalue weighted by atomic mass is 10.1. The molecule has 2 fully saturated rings. The molecule has 0 aromatic heterocycles.